The lowest BCUT2D eigenvalue weighted by Crippen LogP contribution is -2.11. The minimum Gasteiger partial charge on any atom is -0.293 e. The van der Waals surface area contributed by atoms with Crippen molar-refractivity contribution in [2.24, 2.45) is 0 Å². The van der Waals surface area contributed by atoms with Gasteiger partial charge in [-0.05, 0) is 11.0 Å². The van der Waals surface area contributed by atoms with Crippen LogP contribution in [0.4, 0.5) is 0 Å². The van der Waals surface area contributed by atoms with Crippen LogP contribution < -0.4 is 0 Å². The molecule has 0 saturated heterocycles. The Kier molecular flexibility index (Phi) is 5.04. The molecule has 1 aromatic heterocycles. The van der Waals surface area contributed by atoms with Crippen LogP contribution in [0.5, 0.6) is 0 Å². The lowest BCUT2D eigenvalue weighted by molar-refractivity contribution is 0.102. The molecule has 0 unspecified atom stereocenters. The second kappa shape index (κ2) is 7.23. The minimum atomic E-state index is 0.0801. The van der Waals surface area contributed by atoms with Crippen molar-refractivity contribution < 1.29 is 4.79 Å². The molecule has 4 nitrogen and oxygen atoms in total. The Morgan fingerprint density at radius 1 is 1.04 bits per heavy atom. The van der Waals surface area contributed by atoms with Crippen molar-refractivity contribution in [3.8, 4) is 11.4 Å². The van der Waals surface area contributed by atoms with E-state index in [0.717, 1.165) is 11.1 Å². The number of aromatic amines is 1. The summed E-state index contributed by atoms with van der Waals surface area (Å²) in [5.74, 6) is 1.11. The van der Waals surface area contributed by atoms with E-state index < -0.39 is 0 Å². The first-order chi connectivity index (χ1) is 11.9. The third kappa shape index (κ3) is 4.37. The van der Waals surface area contributed by atoms with E-state index in [0.29, 0.717) is 16.7 Å². The second-order valence-electron chi connectivity index (χ2n) is 6.87. The summed E-state index contributed by atoms with van der Waals surface area (Å²) in [4.78, 5) is 16.8. The zero-order valence-corrected chi connectivity index (χ0v) is 15.4. The van der Waals surface area contributed by atoms with Gasteiger partial charge in [-0.2, -0.15) is 0 Å². The summed E-state index contributed by atoms with van der Waals surface area (Å²) in [6, 6.07) is 17.7. The highest BCUT2D eigenvalue weighted by atomic mass is 32.2. The molecule has 2 aromatic carbocycles. The highest BCUT2D eigenvalue weighted by Gasteiger charge is 2.15. The number of Topliss-reactive ketones (excluding diaryl/α,β-unsaturated/α-hetero) is 1. The van der Waals surface area contributed by atoms with E-state index in [9.17, 15) is 4.79 Å². The number of nitrogens with one attached hydrogen (secondary N) is 1. The van der Waals surface area contributed by atoms with Crippen LogP contribution in [0.3, 0.4) is 0 Å². The van der Waals surface area contributed by atoms with Crippen LogP contribution in [-0.2, 0) is 5.41 Å². The van der Waals surface area contributed by atoms with Gasteiger partial charge >= 0.3 is 0 Å². The first-order valence-electron chi connectivity index (χ1n) is 8.18. The number of thioether (sulfide) groups is 1. The van der Waals surface area contributed by atoms with E-state index in [-0.39, 0.29) is 11.2 Å². The number of carbonyl (C=O) groups excluding carboxylic acids is 1. The number of aromatic nitrogens is 3. The number of nitrogens with zero attached hydrogens (tertiary/aromatic N) is 2. The first kappa shape index (κ1) is 17.4. The molecule has 3 aromatic rings. The third-order valence-electron chi connectivity index (χ3n) is 3.92. The van der Waals surface area contributed by atoms with Crippen LogP contribution >= 0.6 is 11.8 Å². The number of rotatable bonds is 5. The van der Waals surface area contributed by atoms with Crippen molar-refractivity contribution in [1.29, 1.82) is 0 Å². The maximum absolute atomic E-state index is 12.4. The van der Waals surface area contributed by atoms with Gasteiger partial charge in [0.15, 0.2) is 11.6 Å². The quantitative estimate of drug-likeness (QED) is 0.532. The summed E-state index contributed by atoms with van der Waals surface area (Å²) >= 11 is 1.35. The molecule has 0 saturated carbocycles. The maximum atomic E-state index is 12.4. The van der Waals surface area contributed by atoms with Crippen molar-refractivity contribution in [2.75, 3.05) is 5.75 Å². The summed E-state index contributed by atoms with van der Waals surface area (Å²) in [6.45, 7) is 6.48. The second-order valence-corrected chi connectivity index (χ2v) is 7.81. The number of benzene rings is 2. The molecule has 0 fully saturated rings. The molecule has 1 N–H and O–H groups in total. The van der Waals surface area contributed by atoms with Crippen molar-refractivity contribution in [3.63, 3.8) is 0 Å². The van der Waals surface area contributed by atoms with Gasteiger partial charge in [-0.1, -0.05) is 87.1 Å². The van der Waals surface area contributed by atoms with Crippen molar-refractivity contribution in [3.05, 3.63) is 65.7 Å². The Balaban J connectivity index is 1.62. The van der Waals surface area contributed by atoms with E-state index in [1.165, 1.54) is 17.3 Å². The first-order valence-corrected chi connectivity index (χ1v) is 9.16. The maximum Gasteiger partial charge on any atom is 0.209 e. The molecule has 0 spiro atoms. The molecule has 128 valence electrons. The molecule has 5 heteroatoms. The Hall–Kier alpha value is -2.40. The highest BCUT2D eigenvalue weighted by molar-refractivity contribution is 7.99. The summed E-state index contributed by atoms with van der Waals surface area (Å²) in [5.41, 5.74) is 3.01. The average Bonchev–Trinajstić information content (AvgIpc) is 3.09. The van der Waals surface area contributed by atoms with Gasteiger partial charge < -0.3 is 0 Å². The topological polar surface area (TPSA) is 58.6 Å². The SMILES string of the molecule is CC(C)(C)c1ccc(C(=O)CSc2n[nH]c(-c3ccccc3)n2)cc1. The zero-order valence-electron chi connectivity index (χ0n) is 14.6. The lowest BCUT2D eigenvalue weighted by atomic mass is 9.86. The van der Waals surface area contributed by atoms with Crippen LogP contribution in [-0.4, -0.2) is 26.7 Å². The van der Waals surface area contributed by atoms with E-state index in [4.69, 9.17) is 0 Å². The molecular formula is C20H21N3OS. The Morgan fingerprint density at radius 3 is 2.36 bits per heavy atom. The van der Waals surface area contributed by atoms with Gasteiger partial charge in [0.1, 0.15) is 0 Å². The van der Waals surface area contributed by atoms with Crippen molar-refractivity contribution in [2.45, 2.75) is 31.3 Å². The van der Waals surface area contributed by atoms with Crippen LogP contribution in [0.15, 0.2) is 59.8 Å². The zero-order chi connectivity index (χ0) is 17.9. The van der Waals surface area contributed by atoms with Crippen LogP contribution in [0.1, 0.15) is 36.7 Å². The minimum absolute atomic E-state index is 0.0801. The standard InChI is InChI=1S/C20H21N3OS/c1-20(2,3)16-11-9-14(10-12-16)17(24)13-25-19-21-18(22-23-19)15-7-5-4-6-8-15/h4-12H,13H2,1-3H3,(H,21,22,23). The summed E-state index contributed by atoms with van der Waals surface area (Å²) in [6.07, 6.45) is 0. The van der Waals surface area contributed by atoms with Crippen molar-refractivity contribution in [1.82, 2.24) is 15.2 Å². The summed E-state index contributed by atoms with van der Waals surface area (Å²) in [5, 5.41) is 7.68. The molecular weight excluding hydrogens is 330 g/mol. The van der Waals surface area contributed by atoms with E-state index in [1.54, 1.807) is 0 Å². The molecule has 0 bridgehead atoms. The molecule has 0 radical (unpaired) electrons. The predicted octanol–water partition coefficient (Wildman–Crippen LogP) is 4.74. The van der Waals surface area contributed by atoms with Crippen LogP contribution in [0, 0.1) is 0 Å². The van der Waals surface area contributed by atoms with Gasteiger partial charge in [-0.3, -0.25) is 9.89 Å². The Bertz CT molecular complexity index is 849. The van der Waals surface area contributed by atoms with Gasteiger partial charge in [-0.25, -0.2) is 4.98 Å². The molecule has 0 aliphatic heterocycles. The molecule has 0 aliphatic rings. The third-order valence-corrected chi connectivity index (χ3v) is 4.76. The fourth-order valence-electron chi connectivity index (χ4n) is 2.41. The monoisotopic (exact) mass is 351 g/mol. The largest absolute Gasteiger partial charge is 0.293 e. The highest BCUT2D eigenvalue weighted by Crippen LogP contribution is 2.23. The fourth-order valence-corrected chi connectivity index (χ4v) is 3.10. The van der Waals surface area contributed by atoms with Gasteiger partial charge in [0.2, 0.25) is 5.16 Å². The van der Waals surface area contributed by atoms with Gasteiger partial charge in [0, 0.05) is 11.1 Å². The van der Waals surface area contributed by atoms with Crippen molar-refractivity contribution >= 4 is 17.5 Å². The number of hydrogen-bond donors (Lipinski definition) is 1. The Morgan fingerprint density at radius 2 is 1.72 bits per heavy atom. The summed E-state index contributed by atoms with van der Waals surface area (Å²) in [7, 11) is 0. The predicted molar refractivity (Wildman–Crippen MR) is 102 cm³/mol. The number of hydrogen-bond acceptors (Lipinski definition) is 4. The fraction of sp³-hybridized carbons (Fsp3) is 0.250. The molecule has 3 rings (SSSR count). The van der Waals surface area contributed by atoms with E-state index in [2.05, 4.69) is 36.0 Å². The average molecular weight is 351 g/mol. The van der Waals surface area contributed by atoms with Crippen LogP contribution in [0.25, 0.3) is 11.4 Å². The Labute approximate surface area is 152 Å². The molecule has 0 aliphatic carbocycles. The molecule has 0 atom stereocenters. The molecule has 0 amide bonds. The van der Waals surface area contributed by atoms with Gasteiger partial charge in [0.05, 0.1) is 5.75 Å². The van der Waals surface area contributed by atoms with Crippen LogP contribution in [0.2, 0.25) is 0 Å². The number of carbonyl (C=O) groups is 1. The van der Waals surface area contributed by atoms with E-state index >= 15 is 0 Å². The number of H-pyrrole nitrogens is 1. The lowest BCUT2D eigenvalue weighted by Gasteiger charge is -2.18. The normalized spacial score (nSPS) is 11.5. The molecule has 25 heavy (non-hydrogen) atoms. The van der Waals surface area contributed by atoms with Gasteiger partial charge in [-0.15, -0.1) is 5.10 Å². The van der Waals surface area contributed by atoms with E-state index in [1.807, 2.05) is 54.6 Å². The number of ketones is 1. The molecule has 1 heterocycles. The summed E-state index contributed by atoms with van der Waals surface area (Å²) < 4.78 is 0. The smallest absolute Gasteiger partial charge is 0.209 e. The van der Waals surface area contributed by atoms with Gasteiger partial charge in [0.25, 0.3) is 0 Å².